The lowest BCUT2D eigenvalue weighted by atomic mass is 10.3. The molecule has 0 aromatic heterocycles. The topological polar surface area (TPSA) is 35.5 Å². The molecule has 0 unspecified atom stereocenters. The second-order valence-electron chi connectivity index (χ2n) is 2.30. The minimum atomic E-state index is -0.908. The highest BCUT2D eigenvalue weighted by atomic mass is 19.1. The van der Waals surface area contributed by atoms with Crippen LogP contribution in [0.15, 0.2) is 24.3 Å². The van der Waals surface area contributed by atoms with Crippen molar-refractivity contribution < 1.29 is 18.7 Å². The number of hydrogen-bond donors (Lipinski definition) is 0. The minimum absolute atomic E-state index is 0.153. The maximum atomic E-state index is 12.4. The van der Waals surface area contributed by atoms with E-state index in [2.05, 4.69) is 15.4 Å². The zero-order chi connectivity index (χ0) is 10.4. The van der Waals surface area contributed by atoms with Crippen molar-refractivity contribution in [2.45, 2.75) is 0 Å². The molecule has 1 aromatic carbocycles. The van der Waals surface area contributed by atoms with E-state index >= 15 is 0 Å². The third kappa shape index (κ3) is 3.15. The molecule has 0 heterocycles. The average Bonchev–Trinajstić information content (AvgIpc) is 2.18. The van der Waals surface area contributed by atoms with Gasteiger partial charge in [-0.2, -0.15) is 0 Å². The molecule has 0 fully saturated rings. The Balaban J connectivity index is 2.49. The van der Waals surface area contributed by atoms with Gasteiger partial charge in [-0.1, -0.05) is 5.92 Å². The summed E-state index contributed by atoms with van der Waals surface area (Å²) in [6, 6.07) is 4.96. The van der Waals surface area contributed by atoms with E-state index in [1.165, 1.54) is 24.3 Å². The van der Waals surface area contributed by atoms with Gasteiger partial charge in [0.1, 0.15) is 11.6 Å². The van der Waals surface area contributed by atoms with Gasteiger partial charge in [0.15, 0.2) is 6.61 Å². The summed E-state index contributed by atoms with van der Waals surface area (Å²) in [6.45, 7) is -0.153. The lowest BCUT2D eigenvalue weighted by Crippen LogP contribution is -2.10. The fourth-order valence-corrected chi connectivity index (χ4v) is 0.729. The Morgan fingerprint density at radius 2 is 2.07 bits per heavy atom. The van der Waals surface area contributed by atoms with E-state index in [0.29, 0.717) is 0 Å². The maximum absolute atomic E-state index is 12.4. The first-order valence-electron chi connectivity index (χ1n) is 3.76. The first-order chi connectivity index (χ1) is 6.72. The fourth-order valence-electron chi connectivity index (χ4n) is 0.729. The van der Waals surface area contributed by atoms with Gasteiger partial charge in [0.2, 0.25) is 0 Å². The Kier molecular flexibility index (Phi) is 3.50. The van der Waals surface area contributed by atoms with Crippen molar-refractivity contribution in [3.8, 4) is 18.1 Å². The molecule has 0 aliphatic rings. The summed E-state index contributed by atoms with van der Waals surface area (Å²) in [6.07, 6.45) is 3.95. The van der Waals surface area contributed by atoms with Gasteiger partial charge in [0, 0.05) is 0 Å². The summed E-state index contributed by atoms with van der Waals surface area (Å²) < 4.78 is 21.5. The van der Waals surface area contributed by atoms with Gasteiger partial charge in [-0.3, -0.25) is 0 Å². The third-order valence-corrected chi connectivity index (χ3v) is 1.29. The minimum Gasteiger partial charge on any atom is -0.421 e. The smallest absolute Gasteiger partial charge is 0.421 e. The molecule has 14 heavy (non-hydrogen) atoms. The van der Waals surface area contributed by atoms with E-state index in [1.807, 2.05) is 0 Å². The van der Waals surface area contributed by atoms with Crippen molar-refractivity contribution in [1.82, 2.24) is 0 Å². The Hall–Kier alpha value is -2.02. The van der Waals surface area contributed by atoms with Crippen LogP contribution in [0, 0.1) is 18.2 Å². The highest BCUT2D eigenvalue weighted by Crippen LogP contribution is 2.11. The molecule has 3 nitrogen and oxygen atoms in total. The molecule has 0 spiro atoms. The number of rotatable bonds is 2. The van der Waals surface area contributed by atoms with Crippen molar-refractivity contribution in [2.24, 2.45) is 0 Å². The Morgan fingerprint density at radius 3 is 2.64 bits per heavy atom. The Labute approximate surface area is 80.4 Å². The molecule has 0 saturated carbocycles. The van der Waals surface area contributed by atoms with Crippen molar-refractivity contribution in [3.05, 3.63) is 30.1 Å². The van der Waals surface area contributed by atoms with Crippen LogP contribution < -0.4 is 4.74 Å². The highest BCUT2D eigenvalue weighted by molar-refractivity contribution is 5.63. The van der Waals surface area contributed by atoms with Crippen molar-refractivity contribution in [3.63, 3.8) is 0 Å². The molecule has 1 aromatic rings. The van der Waals surface area contributed by atoms with Gasteiger partial charge in [0.25, 0.3) is 0 Å². The first kappa shape index (κ1) is 10.1. The second kappa shape index (κ2) is 4.87. The summed E-state index contributed by atoms with van der Waals surface area (Å²) >= 11 is 0. The van der Waals surface area contributed by atoms with Gasteiger partial charge in [-0.05, 0) is 24.3 Å². The molecule has 0 aliphatic heterocycles. The molecule has 0 bridgehead atoms. The summed E-state index contributed by atoms with van der Waals surface area (Å²) in [5, 5.41) is 0. The van der Waals surface area contributed by atoms with Gasteiger partial charge >= 0.3 is 6.16 Å². The fraction of sp³-hybridized carbons (Fsp3) is 0.100. The predicted octanol–water partition coefficient (Wildman–Crippen LogP) is 1.97. The molecule has 0 atom stereocenters. The first-order valence-corrected chi connectivity index (χ1v) is 3.76. The second-order valence-corrected chi connectivity index (χ2v) is 2.30. The number of carbonyl (C=O) groups excluding carboxylic acids is 1. The van der Waals surface area contributed by atoms with Crippen LogP contribution in [0.4, 0.5) is 9.18 Å². The highest BCUT2D eigenvalue weighted by Gasteiger charge is 2.04. The Bertz CT molecular complexity index is 351. The molecule has 4 heteroatoms. The molecule has 72 valence electrons. The molecule has 0 aliphatic carbocycles. The molecule has 0 radical (unpaired) electrons. The van der Waals surface area contributed by atoms with E-state index in [9.17, 15) is 9.18 Å². The predicted molar refractivity (Wildman–Crippen MR) is 47.2 cm³/mol. The maximum Gasteiger partial charge on any atom is 0.514 e. The van der Waals surface area contributed by atoms with Crippen LogP contribution in [0.3, 0.4) is 0 Å². The van der Waals surface area contributed by atoms with Gasteiger partial charge in [0.05, 0.1) is 0 Å². The summed E-state index contributed by atoms with van der Waals surface area (Å²) in [5.41, 5.74) is 0. The van der Waals surface area contributed by atoms with E-state index in [1.54, 1.807) is 0 Å². The standard InChI is InChI=1S/C10H7FO3/c1-2-7-13-10(12)14-9-5-3-8(11)4-6-9/h1,3-6H,7H2. The lowest BCUT2D eigenvalue weighted by molar-refractivity contribution is 0.111. The molecular formula is C10H7FO3. The zero-order valence-electron chi connectivity index (χ0n) is 7.20. The van der Waals surface area contributed by atoms with Crippen LogP contribution in [0.2, 0.25) is 0 Å². The van der Waals surface area contributed by atoms with Crippen LogP contribution in [0.5, 0.6) is 5.75 Å². The van der Waals surface area contributed by atoms with E-state index in [-0.39, 0.29) is 12.4 Å². The van der Waals surface area contributed by atoms with E-state index in [0.717, 1.165) is 0 Å². The monoisotopic (exact) mass is 194 g/mol. The number of hydrogen-bond acceptors (Lipinski definition) is 3. The lowest BCUT2D eigenvalue weighted by Gasteiger charge is -2.02. The van der Waals surface area contributed by atoms with Crippen molar-refractivity contribution >= 4 is 6.16 Å². The van der Waals surface area contributed by atoms with Crippen LogP contribution in [0.25, 0.3) is 0 Å². The number of benzene rings is 1. The van der Waals surface area contributed by atoms with E-state index in [4.69, 9.17) is 6.42 Å². The van der Waals surface area contributed by atoms with Crippen molar-refractivity contribution in [2.75, 3.05) is 6.61 Å². The van der Waals surface area contributed by atoms with Gasteiger partial charge in [-0.25, -0.2) is 9.18 Å². The summed E-state index contributed by atoms with van der Waals surface area (Å²) in [5.74, 6) is 1.90. The number of terminal acetylenes is 1. The largest absolute Gasteiger partial charge is 0.514 e. The third-order valence-electron chi connectivity index (χ3n) is 1.29. The van der Waals surface area contributed by atoms with Crippen LogP contribution in [-0.4, -0.2) is 12.8 Å². The summed E-state index contributed by atoms with van der Waals surface area (Å²) in [4.78, 5) is 10.8. The summed E-state index contributed by atoms with van der Waals surface area (Å²) in [7, 11) is 0. The average molecular weight is 194 g/mol. The normalized spacial score (nSPS) is 8.86. The molecular weight excluding hydrogens is 187 g/mol. The zero-order valence-corrected chi connectivity index (χ0v) is 7.20. The molecule has 1 rings (SSSR count). The number of ether oxygens (including phenoxy) is 2. The van der Waals surface area contributed by atoms with Crippen LogP contribution in [-0.2, 0) is 4.74 Å². The molecule has 0 N–H and O–H groups in total. The Morgan fingerprint density at radius 1 is 1.43 bits per heavy atom. The molecule has 0 saturated heterocycles. The quantitative estimate of drug-likeness (QED) is 0.410. The number of carbonyl (C=O) groups is 1. The van der Waals surface area contributed by atoms with E-state index < -0.39 is 12.0 Å². The van der Waals surface area contributed by atoms with Gasteiger partial charge < -0.3 is 9.47 Å². The number of halogens is 1. The van der Waals surface area contributed by atoms with Crippen LogP contribution >= 0.6 is 0 Å². The van der Waals surface area contributed by atoms with Crippen molar-refractivity contribution in [1.29, 1.82) is 0 Å². The SMILES string of the molecule is C#CCOC(=O)Oc1ccc(F)cc1. The van der Waals surface area contributed by atoms with Gasteiger partial charge in [-0.15, -0.1) is 6.42 Å². The van der Waals surface area contributed by atoms with Crippen LogP contribution in [0.1, 0.15) is 0 Å². The molecule has 0 amide bonds.